The van der Waals surface area contributed by atoms with Crippen molar-refractivity contribution in [3.05, 3.63) is 12.2 Å². The highest BCUT2D eigenvalue weighted by Gasteiger charge is 2.45. The van der Waals surface area contributed by atoms with Crippen LogP contribution in [0.25, 0.3) is 0 Å². The highest BCUT2D eigenvalue weighted by molar-refractivity contribution is 5.69. The summed E-state index contributed by atoms with van der Waals surface area (Å²) in [6.45, 7) is 0. The predicted octanol–water partition coefficient (Wildman–Crippen LogP) is 0.644. The summed E-state index contributed by atoms with van der Waals surface area (Å²) >= 11 is 0. The minimum atomic E-state index is -0.206. The molecule has 2 aliphatic rings. The molecule has 0 spiro atoms. The lowest BCUT2D eigenvalue weighted by molar-refractivity contribution is 0.427. The Kier molecular flexibility index (Phi) is 1.41. The molecule has 2 bridgehead atoms. The van der Waals surface area contributed by atoms with Gasteiger partial charge in [0, 0.05) is 11.8 Å². The van der Waals surface area contributed by atoms with Crippen molar-refractivity contribution >= 4 is 12.6 Å². The van der Waals surface area contributed by atoms with E-state index in [0.29, 0.717) is 0 Å². The van der Waals surface area contributed by atoms with Crippen LogP contribution >= 0.6 is 0 Å². The molecule has 2 radical (unpaired) electrons. The van der Waals surface area contributed by atoms with Crippen LogP contribution in [0.3, 0.4) is 0 Å². The molecule has 0 aromatic carbocycles. The molecule has 0 aliphatic heterocycles. The molecule has 56 valence electrons. The van der Waals surface area contributed by atoms with Crippen LogP contribution in [0.15, 0.2) is 12.2 Å². The number of rotatable bonds is 2. The molecule has 2 unspecified atom stereocenters. The Labute approximate surface area is 65.3 Å². The summed E-state index contributed by atoms with van der Waals surface area (Å²) in [6.07, 6.45) is 8.85. The molecule has 1 saturated carbocycles. The zero-order valence-electron chi connectivity index (χ0n) is 5.99. The van der Waals surface area contributed by atoms with Crippen molar-refractivity contribution in [3.8, 4) is 0 Å². The fourth-order valence-electron chi connectivity index (χ4n) is 2.14. The quantitative estimate of drug-likeness (QED) is 0.538. The summed E-state index contributed by atoms with van der Waals surface area (Å²) in [5.41, 5.74) is 0. The molecule has 0 heterocycles. The summed E-state index contributed by atoms with van der Waals surface area (Å²) in [6, 6.07) is 0. The lowest BCUT2D eigenvalue weighted by Gasteiger charge is -2.15. The smallest absolute Gasteiger partial charge is 0.203 e. The van der Waals surface area contributed by atoms with Crippen molar-refractivity contribution in [1.82, 2.24) is 0 Å². The van der Waals surface area contributed by atoms with Crippen LogP contribution in [0.4, 0.5) is 0 Å². The molecule has 0 saturated heterocycles. The molecule has 0 aromatic heterocycles. The third-order valence-corrected chi connectivity index (χ3v) is 2.73. The van der Waals surface area contributed by atoms with Gasteiger partial charge in [0.2, 0.25) is 12.6 Å². The van der Waals surface area contributed by atoms with Gasteiger partial charge in [-0.25, -0.2) is 0 Å². The van der Waals surface area contributed by atoms with Gasteiger partial charge in [0.25, 0.3) is 0 Å². The van der Waals surface area contributed by atoms with Crippen LogP contribution in [0, 0.1) is 23.7 Å². The first kappa shape index (κ1) is 6.77. The summed E-state index contributed by atoms with van der Waals surface area (Å²) in [4.78, 5) is 20.9. The molecule has 0 N–H and O–H groups in total. The summed E-state index contributed by atoms with van der Waals surface area (Å²) in [5.74, 6) is 0.123. The third-order valence-electron chi connectivity index (χ3n) is 2.73. The molecule has 0 aromatic rings. The van der Waals surface area contributed by atoms with Gasteiger partial charge in [0.05, 0.1) is 0 Å². The van der Waals surface area contributed by atoms with Crippen molar-refractivity contribution in [1.29, 1.82) is 0 Å². The zero-order chi connectivity index (χ0) is 7.84. The van der Waals surface area contributed by atoms with Gasteiger partial charge in [-0.05, 0) is 18.3 Å². The first-order valence-electron chi connectivity index (χ1n) is 3.80. The Hall–Kier alpha value is -0.920. The van der Waals surface area contributed by atoms with Gasteiger partial charge >= 0.3 is 0 Å². The van der Waals surface area contributed by atoms with Crippen LogP contribution in [0.1, 0.15) is 6.42 Å². The fraction of sp³-hybridized carbons (Fsp3) is 0.556. The minimum absolute atomic E-state index is 0.206. The molecule has 2 aliphatic carbocycles. The van der Waals surface area contributed by atoms with E-state index in [1.54, 1.807) is 0 Å². The standard InChI is InChI=1S/C9H8O2/c10-4-8-6-1-2-7(3-6)9(8)5-11/h1-2,6-9H,3H2/t6?,7?,8-,9+. The predicted molar refractivity (Wildman–Crippen MR) is 39.1 cm³/mol. The lowest BCUT2D eigenvalue weighted by Crippen LogP contribution is -2.21. The normalized spacial score (nSPS) is 46.2. The SMILES string of the molecule is O=[C][C@@H]1C2C=CC(C2)[C@@H]1[C]=O. The lowest BCUT2D eigenvalue weighted by atomic mass is 9.85. The minimum Gasteiger partial charge on any atom is -0.291 e. The maximum absolute atomic E-state index is 10.4. The highest BCUT2D eigenvalue weighted by atomic mass is 16.1. The maximum Gasteiger partial charge on any atom is 0.203 e. The number of fused-ring (bicyclic) bond motifs is 2. The van der Waals surface area contributed by atoms with E-state index >= 15 is 0 Å². The summed E-state index contributed by atoms with van der Waals surface area (Å²) in [5, 5.41) is 0. The van der Waals surface area contributed by atoms with Gasteiger partial charge in [0.15, 0.2) is 0 Å². The zero-order valence-corrected chi connectivity index (χ0v) is 5.99. The number of hydrogen-bond acceptors (Lipinski definition) is 2. The Balaban J connectivity index is 2.27. The van der Waals surface area contributed by atoms with Crippen LogP contribution in [0.2, 0.25) is 0 Å². The average molecular weight is 148 g/mol. The largest absolute Gasteiger partial charge is 0.291 e. The van der Waals surface area contributed by atoms with Crippen molar-refractivity contribution in [3.63, 3.8) is 0 Å². The van der Waals surface area contributed by atoms with Crippen LogP contribution < -0.4 is 0 Å². The monoisotopic (exact) mass is 148 g/mol. The number of carbonyl (C=O) groups excluding carboxylic acids is 2. The maximum atomic E-state index is 10.4. The van der Waals surface area contributed by atoms with Gasteiger partial charge in [-0.1, -0.05) is 12.2 Å². The molecule has 2 rings (SSSR count). The second-order valence-corrected chi connectivity index (χ2v) is 3.24. The highest BCUT2D eigenvalue weighted by Crippen LogP contribution is 2.45. The van der Waals surface area contributed by atoms with Gasteiger partial charge in [-0.2, -0.15) is 0 Å². The molecular formula is C9H8O2. The topological polar surface area (TPSA) is 34.1 Å². The first-order valence-corrected chi connectivity index (χ1v) is 3.80. The molecule has 1 fully saturated rings. The van der Waals surface area contributed by atoms with Crippen LogP contribution in [0.5, 0.6) is 0 Å². The first-order chi connectivity index (χ1) is 5.36. The third kappa shape index (κ3) is 0.785. The number of hydrogen-bond donors (Lipinski definition) is 0. The van der Waals surface area contributed by atoms with E-state index in [1.165, 1.54) is 0 Å². The summed E-state index contributed by atoms with van der Waals surface area (Å²) < 4.78 is 0. The van der Waals surface area contributed by atoms with E-state index in [1.807, 2.05) is 24.7 Å². The number of allylic oxidation sites excluding steroid dienone is 2. The van der Waals surface area contributed by atoms with E-state index in [0.717, 1.165) is 6.42 Å². The van der Waals surface area contributed by atoms with Crippen LogP contribution in [-0.2, 0) is 9.59 Å². The van der Waals surface area contributed by atoms with Crippen molar-refractivity contribution < 1.29 is 9.59 Å². The Bertz CT molecular complexity index is 198. The molecule has 2 heteroatoms. The van der Waals surface area contributed by atoms with Crippen LogP contribution in [-0.4, -0.2) is 12.6 Å². The van der Waals surface area contributed by atoms with E-state index in [2.05, 4.69) is 0 Å². The second-order valence-electron chi connectivity index (χ2n) is 3.24. The Morgan fingerprint density at radius 1 is 1.00 bits per heavy atom. The van der Waals surface area contributed by atoms with E-state index in [4.69, 9.17) is 0 Å². The molecule has 11 heavy (non-hydrogen) atoms. The molecular weight excluding hydrogens is 140 g/mol. The molecule has 4 atom stereocenters. The van der Waals surface area contributed by atoms with Crippen molar-refractivity contribution in [2.75, 3.05) is 0 Å². The van der Waals surface area contributed by atoms with Gasteiger partial charge in [0.1, 0.15) is 0 Å². The van der Waals surface area contributed by atoms with Gasteiger partial charge in [-0.3, -0.25) is 9.59 Å². The molecule has 2 nitrogen and oxygen atoms in total. The van der Waals surface area contributed by atoms with Gasteiger partial charge in [-0.15, -0.1) is 0 Å². The van der Waals surface area contributed by atoms with E-state index in [9.17, 15) is 9.59 Å². The Morgan fingerprint density at radius 2 is 1.45 bits per heavy atom. The van der Waals surface area contributed by atoms with Crippen molar-refractivity contribution in [2.24, 2.45) is 23.7 Å². The van der Waals surface area contributed by atoms with E-state index < -0.39 is 0 Å². The summed E-state index contributed by atoms with van der Waals surface area (Å²) in [7, 11) is 0. The fourth-order valence-corrected chi connectivity index (χ4v) is 2.14. The second kappa shape index (κ2) is 2.29. The molecule has 0 amide bonds. The van der Waals surface area contributed by atoms with E-state index in [-0.39, 0.29) is 23.7 Å². The van der Waals surface area contributed by atoms with Gasteiger partial charge < -0.3 is 0 Å². The average Bonchev–Trinajstić information content (AvgIpc) is 2.60. The Morgan fingerprint density at radius 3 is 1.82 bits per heavy atom. The van der Waals surface area contributed by atoms with Crippen molar-refractivity contribution in [2.45, 2.75) is 6.42 Å².